The third-order valence-corrected chi connectivity index (χ3v) is 2.20. The van der Waals surface area contributed by atoms with E-state index >= 15 is 0 Å². The van der Waals surface area contributed by atoms with Crippen LogP contribution in [-0.2, 0) is 23.9 Å². The van der Waals surface area contributed by atoms with Crippen LogP contribution in [0.1, 0.15) is 25.6 Å². The number of hydrogen-bond donors (Lipinski definition) is 1. The number of carbonyl (C=O) groups excluding carboxylic acids is 2. The van der Waals surface area contributed by atoms with Crippen LogP contribution < -0.4 is 0 Å². The molecule has 0 spiro atoms. The highest BCUT2D eigenvalue weighted by Gasteiger charge is 2.36. The molecule has 1 N–H and O–H groups in total. The molecule has 2 atom stereocenters. The van der Waals surface area contributed by atoms with Gasteiger partial charge in [0.25, 0.3) is 0 Å². The van der Waals surface area contributed by atoms with Gasteiger partial charge in [-0.25, -0.2) is 9.78 Å². The molecule has 108 valence electrons. The molecule has 1 aromatic heterocycles. The number of nitrogens with zero attached hydrogens (tertiary/aromatic N) is 2. The fraction of sp³-hybridized carbons (Fsp3) is 0.364. The summed E-state index contributed by atoms with van der Waals surface area (Å²) >= 11 is 5.65. The number of rotatable bonds is 5. The first-order chi connectivity index (χ1) is 9.31. The number of aromatic nitrogens is 2. The minimum Gasteiger partial charge on any atom is -0.478 e. The van der Waals surface area contributed by atoms with E-state index in [1.54, 1.807) is 0 Å². The Kier molecular flexibility index (Phi) is 5.39. The van der Waals surface area contributed by atoms with Crippen molar-refractivity contribution in [2.24, 2.45) is 0 Å². The van der Waals surface area contributed by atoms with Gasteiger partial charge in [0.15, 0.2) is 6.10 Å². The molecule has 1 aromatic rings. The normalized spacial score (nSPS) is 13.2. The van der Waals surface area contributed by atoms with Crippen molar-refractivity contribution in [2.75, 3.05) is 0 Å². The van der Waals surface area contributed by atoms with E-state index in [-0.39, 0.29) is 10.8 Å². The van der Waals surface area contributed by atoms with Gasteiger partial charge < -0.3 is 14.6 Å². The van der Waals surface area contributed by atoms with Crippen molar-refractivity contribution in [3.05, 3.63) is 23.2 Å². The lowest BCUT2D eigenvalue weighted by Crippen LogP contribution is -2.35. The first-order valence-corrected chi connectivity index (χ1v) is 5.73. The number of hydrogen-bond acceptors (Lipinski definition) is 7. The van der Waals surface area contributed by atoms with Crippen LogP contribution in [0.5, 0.6) is 0 Å². The quantitative estimate of drug-likeness (QED) is 0.792. The minimum absolute atomic E-state index is 0.0217. The van der Waals surface area contributed by atoms with Gasteiger partial charge in [-0.05, 0) is 0 Å². The molecule has 8 nitrogen and oxygen atoms in total. The molecule has 1 heterocycles. The van der Waals surface area contributed by atoms with Crippen molar-refractivity contribution < 1.29 is 29.0 Å². The molecule has 0 amide bonds. The van der Waals surface area contributed by atoms with Crippen LogP contribution in [-0.4, -0.2) is 39.1 Å². The zero-order chi connectivity index (χ0) is 15.3. The van der Waals surface area contributed by atoms with Gasteiger partial charge in [0.05, 0.1) is 12.4 Å². The summed E-state index contributed by atoms with van der Waals surface area (Å²) in [5.74, 6) is -3.10. The second-order valence-corrected chi connectivity index (χ2v) is 4.05. The van der Waals surface area contributed by atoms with Gasteiger partial charge in [-0.15, -0.1) is 0 Å². The molecule has 0 radical (unpaired) electrons. The molecule has 20 heavy (non-hydrogen) atoms. The predicted molar refractivity (Wildman–Crippen MR) is 64.7 cm³/mol. The molecule has 0 aliphatic rings. The Hall–Kier alpha value is -2.22. The number of esters is 2. The highest BCUT2D eigenvalue weighted by atomic mass is 35.5. The van der Waals surface area contributed by atoms with Crippen molar-refractivity contribution in [1.29, 1.82) is 0 Å². The van der Waals surface area contributed by atoms with Crippen LogP contribution in [0.4, 0.5) is 0 Å². The SMILES string of the molecule is CC(=O)O[C@@H](C(=O)O)[C@@H](OC(C)=O)c1cncc(Cl)n1. The summed E-state index contributed by atoms with van der Waals surface area (Å²) in [5.41, 5.74) is -0.0404. The van der Waals surface area contributed by atoms with E-state index in [0.29, 0.717) is 0 Å². The number of carbonyl (C=O) groups is 3. The van der Waals surface area contributed by atoms with Crippen molar-refractivity contribution in [3.63, 3.8) is 0 Å². The lowest BCUT2D eigenvalue weighted by atomic mass is 10.1. The molecule has 0 bridgehead atoms. The van der Waals surface area contributed by atoms with Crippen molar-refractivity contribution in [1.82, 2.24) is 9.97 Å². The van der Waals surface area contributed by atoms with E-state index in [1.165, 1.54) is 12.4 Å². The number of carboxylic acid groups (broad SMARTS) is 1. The van der Waals surface area contributed by atoms with Crippen molar-refractivity contribution >= 4 is 29.5 Å². The zero-order valence-corrected chi connectivity index (χ0v) is 11.3. The summed E-state index contributed by atoms with van der Waals surface area (Å²) in [6.45, 7) is 2.11. The molecule has 0 unspecified atom stereocenters. The van der Waals surface area contributed by atoms with Gasteiger partial charge in [0.1, 0.15) is 10.8 Å². The molecule has 0 fully saturated rings. The lowest BCUT2D eigenvalue weighted by molar-refractivity contribution is -0.178. The molecule has 0 saturated carbocycles. The van der Waals surface area contributed by atoms with Crippen LogP contribution in [0.15, 0.2) is 12.4 Å². The van der Waals surface area contributed by atoms with Gasteiger partial charge in [0.2, 0.25) is 6.10 Å². The summed E-state index contributed by atoms with van der Waals surface area (Å²) in [7, 11) is 0. The molecular formula is C11H11ClN2O6. The Bertz CT molecular complexity index is 535. The summed E-state index contributed by atoms with van der Waals surface area (Å²) in [6.07, 6.45) is -0.805. The van der Waals surface area contributed by atoms with Crippen LogP contribution in [0.3, 0.4) is 0 Å². The summed E-state index contributed by atoms with van der Waals surface area (Å²) in [4.78, 5) is 40.7. The van der Waals surface area contributed by atoms with Crippen LogP contribution in [0.2, 0.25) is 5.15 Å². The van der Waals surface area contributed by atoms with Crippen molar-refractivity contribution in [3.8, 4) is 0 Å². The van der Waals surface area contributed by atoms with Crippen LogP contribution in [0.25, 0.3) is 0 Å². The fourth-order valence-corrected chi connectivity index (χ4v) is 1.52. The Morgan fingerprint density at radius 2 is 1.80 bits per heavy atom. The van der Waals surface area contributed by atoms with Gasteiger partial charge in [-0.3, -0.25) is 14.6 Å². The zero-order valence-electron chi connectivity index (χ0n) is 10.6. The number of ether oxygens (including phenoxy) is 2. The minimum atomic E-state index is -1.75. The average molecular weight is 303 g/mol. The van der Waals surface area contributed by atoms with Gasteiger partial charge >= 0.3 is 17.9 Å². The summed E-state index contributed by atoms with van der Waals surface area (Å²) in [5, 5.41) is 9.06. The van der Waals surface area contributed by atoms with E-state index in [0.717, 1.165) is 13.8 Å². The first-order valence-electron chi connectivity index (χ1n) is 5.36. The maximum atomic E-state index is 11.2. The second kappa shape index (κ2) is 6.80. The molecule has 1 rings (SSSR count). The van der Waals surface area contributed by atoms with E-state index in [2.05, 4.69) is 14.7 Å². The Morgan fingerprint density at radius 1 is 1.20 bits per heavy atom. The van der Waals surface area contributed by atoms with Gasteiger partial charge in [-0.1, -0.05) is 11.6 Å². The molecular weight excluding hydrogens is 292 g/mol. The Labute approximate surface area is 118 Å². The first kappa shape index (κ1) is 15.8. The van der Waals surface area contributed by atoms with Crippen molar-refractivity contribution in [2.45, 2.75) is 26.1 Å². The number of halogens is 1. The highest BCUT2D eigenvalue weighted by Crippen LogP contribution is 2.23. The standard InChI is InChI=1S/C11H11ClN2O6/c1-5(15)19-9(7-3-13-4-8(12)14-7)10(11(17)18)20-6(2)16/h3-4,9-10H,1-2H3,(H,17,18)/t9-,10+/m0/s1. The predicted octanol–water partition coefficient (Wildman–Crippen LogP) is 0.750. The maximum Gasteiger partial charge on any atom is 0.349 e. The molecule has 9 heteroatoms. The largest absolute Gasteiger partial charge is 0.478 e. The molecule has 0 saturated heterocycles. The molecule has 0 aromatic carbocycles. The molecule has 0 aliphatic heterocycles. The highest BCUT2D eigenvalue weighted by molar-refractivity contribution is 6.29. The number of carboxylic acids is 1. The smallest absolute Gasteiger partial charge is 0.349 e. The average Bonchev–Trinajstić information content (AvgIpc) is 2.32. The van der Waals surface area contributed by atoms with E-state index in [9.17, 15) is 14.4 Å². The second-order valence-electron chi connectivity index (χ2n) is 3.66. The maximum absolute atomic E-state index is 11.2. The topological polar surface area (TPSA) is 116 Å². The Morgan fingerprint density at radius 3 is 2.25 bits per heavy atom. The van der Waals surface area contributed by atoms with Gasteiger partial charge in [0, 0.05) is 13.8 Å². The molecule has 0 aliphatic carbocycles. The van der Waals surface area contributed by atoms with E-state index in [1.807, 2.05) is 0 Å². The van der Waals surface area contributed by atoms with Crippen LogP contribution in [0, 0.1) is 0 Å². The third-order valence-electron chi connectivity index (χ3n) is 2.02. The van der Waals surface area contributed by atoms with Crippen LogP contribution >= 0.6 is 11.6 Å². The number of aliphatic carboxylic acids is 1. The lowest BCUT2D eigenvalue weighted by Gasteiger charge is -2.22. The summed E-state index contributed by atoms with van der Waals surface area (Å²) in [6, 6.07) is 0. The van der Waals surface area contributed by atoms with E-state index < -0.39 is 30.1 Å². The monoisotopic (exact) mass is 302 g/mol. The fourth-order valence-electron chi connectivity index (χ4n) is 1.37. The summed E-state index contributed by atoms with van der Waals surface area (Å²) < 4.78 is 9.50. The Balaban J connectivity index is 3.18. The third kappa shape index (κ3) is 4.47. The van der Waals surface area contributed by atoms with Gasteiger partial charge in [-0.2, -0.15) is 0 Å². The van der Waals surface area contributed by atoms with E-state index in [4.69, 9.17) is 21.4 Å².